The van der Waals surface area contributed by atoms with E-state index < -0.39 is 39.1 Å². The Bertz CT molecular complexity index is 1060. The van der Waals surface area contributed by atoms with Crippen LogP contribution in [0.4, 0.5) is 13.2 Å². The van der Waals surface area contributed by atoms with E-state index in [2.05, 4.69) is 20.1 Å². The van der Waals surface area contributed by atoms with E-state index in [9.17, 15) is 31.5 Å². The highest BCUT2D eigenvalue weighted by Crippen LogP contribution is 2.43. The first-order valence-corrected chi connectivity index (χ1v) is 10.4. The van der Waals surface area contributed by atoms with Crippen LogP contribution in [0.25, 0.3) is 10.8 Å². The van der Waals surface area contributed by atoms with Crippen LogP contribution in [0, 0.1) is 6.92 Å². The lowest BCUT2D eigenvalue weighted by Gasteiger charge is -2.28. The maximum Gasteiger partial charge on any atom is 0.534 e. The molecule has 2 aromatic rings. The molecule has 160 valence electrons. The second-order valence-corrected chi connectivity index (χ2v) is 9.60. The smallest absolute Gasteiger partial charge is 0.479 e. The van der Waals surface area contributed by atoms with Crippen molar-refractivity contribution in [2.75, 3.05) is 0 Å². The first-order valence-electron chi connectivity index (χ1n) is 8.18. The van der Waals surface area contributed by atoms with Gasteiger partial charge in [0.05, 0.1) is 5.60 Å². The number of alkyl halides is 3. The fourth-order valence-electron chi connectivity index (χ4n) is 2.66. The number of hydrogen-bond acceptors (Lipinski definition) is 5. The van der Waals surface area contributed by atoms with E-state index in [0.29, 0.717) is 9.86 Å². The average molecular weight is 499 g/mol. The van der Waals surface area contributed by atoms with Gasteiger partial charge in [0.2, 0.25) is 0 Å². The molecule has 0 saturated carbocycles. The highest BCUT2D eigenvalue weighted by Gasteiger charge is 2.49. The van der Waals surface area contributed by atoms with Crippen LogP contribution in [0.1, 0.15) is 38.0 Å². The summed E-state index contributed by atoms with van der Waals surface area (Å²) >= 11 is 3.25. The Balaban J connectivity index is 2.91. The highest BCUT2D eigenvalue weighted by molar-refractivity contribution is 9.10. The maximum absolute atomic E-state index is 13.0. The fraction of sp³-hybridized carbons (Fsp3) is 0.389. The van der Waals surface area contributed by atoms with Gasteiger partial charge < -0.3 is 14.0 Å². The fourth-order valence-corrected chi connectivity index (χ4v) is 3.63. The predicted molar refractivity (Wildman–Crippen MR) is 103 cm³/mol. The van der Waals surface area contributed by atoms with Crippen LogP contribution in [-0.4, -0.2) is 30.6 Å². The normalized spacial score (nSPS) is 14.1. The van der Waals surface area contributed by atoms with Gasteiger partial charge in [-0.1, -0.05) is 28.1 Å². The minimum atomic E-state index is -6.06. The van der Waals surface area contributed by atoms with E-state index in [1.54, 1.807) is 26.8 Å². The van der Waals surface area contributed by atoms with Crippen molar-refractivity contribution in [2.24, 2.45) is 0 Å². The van der Waals surface area contributed by atoms with Crippen molar-refractivity contribution in [3.63, 3.8) is 0 Å². The van der Waals surface area contributed by atoms with Crippen molar-refractivity contribution >= 4 is 42.8 Å². The molecule has 0 fully saturated rings. The number of fused-ring (bicyclic) bond motifs is 1. The molecule has 0 aromatic heterocycles. The zero-order chi connectivity index (χ0) is 22.4. The summed E-state index contributed by atoms with van der Waals surface area (Å²) in [6.07, 6.45) is -1.77. The van der Waals surface area contributed by atoms with E-state index >= 15 is 0 Å². The third-order valence-corrected chi connectivity index (χ3v) is 5.41. The standard InChI is InChI=1S/C18H18BrF3O6S/c1-9-8-11-10(6-5-7-12(11)19)14(28-29(25,26)18(20,21)22)13(9)15(16(23)24)27-17(2,3)4/h5-8,15H,1-4H3,(H,23,24). The Morgan fingerprint density at radius 1 is 1.17 bits per heavy atom. The topological polar surface area (TPSA) is 89.9 Å². The zero-order valence-corrected chi connectivity index (χ0v) is 18.2. The van der Waals surface area contributed by atoms with Gasteiger partial charge in [-0.15, -0.1) is 0 Å². The lowest BCUT2D eigenvalue weighted by Crippen LogP contribution is -2.31. The molecule has 0 aliphatic carbocycles. The van der Waals surface area contributed by atoms with Gasteiger partial charge in [0.25, 0.3) is 0 Å². The molecule has 0 heterocycles. The van der Waals surface area contributed by atoms with Crippen molar-refractivity contribution in [1.82, 2.24) is 0 Å². The van der Waals surface area contributed by atoms with Gasteiger partial charge in [0, 0.05) is 15.4 Å². The summed E-state index contributed by atoms with van der Waals surface area (Å²) in [6, 6.07) is 5.91. The van der Waals surface area contributed by atoms with E-state index in [-0.39, 0.29) is 16.5 Å². The van der Waals surface area contributed by atoms with E-state index in [0.717, 1.165) is 0 Å². The SMILES string of the molecule is Cc1cc2c(Br)cccc2c(OS(=O)(=O)C(F)(F)F)c1C(OC(C)(C)C)C(=O)O. The average Bonchev–Trinajstić information content (AvgIpc) is 2.52. The zero-order valence-electron chi connectivity index (χ0n) is 15.8. The lowest BCUT2D eigenvalue weighted by molar-refractivity contribution is -0.160. The molecule has 6 nitrogen and oxygen atoms in total. The van der Waals surface area contributed by atoms with Crippen LogP contribution in [0.3, 0.4) is 0 Å². The van der Waals surface area contributed by atoms with E-state index in [1.165, 1.54) is 25.1 Å². The number of halogens is 4. The maximum atomic E-state index is 13.0. The van der Waals surface area contributed by atoms with Crippen LogP contribution in [-0.2, 0) is 19.6 Å². The summed E-state index contributed by atoms with van der Waals surface area (Å²) < 4.78 is 72.9. The minimum Gasteiger partial charge on any atom is -0.479 e. The van der Waals surface area contributed by atoms with Gasteiger partial charge in [0.1, 0.15) is 0 Å². The molecule has 0 spiro atoms. The van der Waals surface area contributed by atoms with Gasteiger partial charge >= 0.3 is 21.6 Å². The summed E-state index contributed by atoms with van der Waals surface area (Å²) in [6.45, 7) is 6.11. The summed E-state index contributed by atoms with van der Waals surface area (Å²) in [5, 5.41) is 9.99. The number of aliphatic carboxylic acids is 1. The van der Waals surface area contributed by atoms with Crippen molar-refractivity contribution in [2.45, 2.75) is 44.9 Å². The van der Waals surface area contributed by atoms with Gasteiger partial charge in [-0.25, -0.2) is 4.79 Å². The first-order chi connectivity index (χ1) is 13.0. The summed E-state index contributed by atoms with van der Waals surface area (Å²) in [4.78, 5) is 11.9. The van der Waals surface area contributed by atoms with E-state index in [1.807, 2.05) is 0 Å². The third kappa shape index (κ3) is 5.01. The van der Waals surface area contributed by atoms with Crippen LogP contribution >= 0.6 is 15.9 Å². The molecule has 11 heteroatoms. The summed E-state index contributed by atoms with van der Waals surface area (Å²) in [5.41, 5.74) is -6.82. The monoisotopic (exact) mass is 498 g/mol. The molecule has 0 radical (unpaired) electrons. The Labute approximate surface area is 173 Å². The number of carbonyl (C=O) groups is 1. The number of hydrogen-bond donors (Lipinski definition) is 1. The van der Waals surface area contributed by atoms with Gasteiger partial charge in [0.15, 0.2) is 11.9 Å². The molecule has 0 bridgehead atoms. The molecular weight excluding hydrogens is 481 g/mol. The molecule has 0 amide bonds. The van der Waals surface area contributed by atoms with Crippen molar-refractivity contribution < 1.29 is 40.4 Å². The molecule has 29 heavy (non-hydrogen) atoms. The van der Waals surface area contributed by atoms with Crippen LogP contribution in [0.15, 0.2) is 28.7 Å². The van der Waals surface area contributed by atoms with Gasteiger partial charge in [-0.3, -0.25) is 0 Å². The van der Waals surface area contributed by atoms with Crippen LogP contribution < -0.4 is 4.18 Å². The van der Waals surface area contributed by atoms with Crippen molar-refractivity contribution in [3.8, 4) is 5.75 Å². The number of rotatable bonds is 5. The van der Waals surface area contributed by atoms with Gasteiger partial charge in [-0.05, 0) is 50.8 Å². The Morgan fingerprint density at radius 2 is 1.76 bits per heavy atom. The minimum absolute atomic E-state index is 0.0171. The molecule has 2 rings (SSSR count). The molecule has 1 N–H and O–H groups in total. The highest BCUT2D eigenvalue weighted by atomic mass is 79.9. The summed E-state index contributed by atoms with van der Waals surface area (Å²) in [7, 11) is -6.06. The molecule has 0 aliphatic rings. The molecule has 1 unspecified atom stereocenters. The Kier molecular flexibility index (Phi) is 6.27. The number of aryl methyl sites for hydroxylation is 1. The second kappa shape index (κ2) is 7.77. The van der Waals surface area contributed by atoms with Crippen LogP contribution in [0.2, 0.25) is 0 Å². The van der Waals surface area contributed by atoms with Gasteiger partial charge in [-0.2, -0.15) is 21.6 Å². The third-order valence-electron chi connectivity index (χ3n) is 3.76. The Morgan fingerprint density at radius 3 is 2.24 bits per heavy atom. The molecule has 1 atom stereocenters. The predicted octanol–water partition coefficient (Wildman–Crippen LogP) is 5.08. The first kappa shape index (κ1) is 23.4. The van der Waals surface area contributed by atoms with E-state index in [4.69, 9.17) is 4.74 Å². The summed E-state index contributed by atoms with van der Waals surface area (Å²) in [5.74, 6) is -2.25. The number of benzene rings is 2. The largest absolute Gasteiger partial charge is 0.534 e. The molecule has 0 aliphatic heterocycles. The number of carboxylic acids is 1. The van der Waals surface area contributed by atoms with Crippen molar-refractivity contribution in [3.05, 3.63) is 39.9 Å². The molecule has 0 saturated heterocycles. The second-order valence-electron chi connectivity index (χ2n) is 7.20. The molecular formula is C18H18BrF3O6S. The van der Waals surface area contributed by atoms with Crippen molar-refractivity contribution in [1.29, 1.82) is 0 Å². The Hall–Kier alpha value is -1.85. The molecule has 2 aromatic carbocycles. The number of carboxylic acid groups (broad SMARTS) is 1. The number of ether oxygens (including phenoxy) is 1. The quantitative estimate of drug-likeness (QED) is 0.456. The van der Waals surface area contributed by atoms with Crippen LogP contribution in [0.5, 0.6) is 5.75 Å². The lowest BCUT2D eigenvalue weighted by atomic mass is 9.96.